The van der Waals surface area contributed by atoms with Crippen molar-refractivity contribution < 1.29 is 0 Å². The fourth-order valence-electron chi connectivity index (χ4n) is 2.90. The van der Waals surface area contributed by atoms with Crippen molar-refractivity contribution in [2.75, 3.05) is 13.1 Å². The maximum Gasteiger partial charge on any atom is 0.0210 e. The summed E-state index contributed by atoms with van der Waals surface area (Å²) in [7, 11) is 0. The highest BCUT2D eigenvalue weighted by molar-refractivity contribution is 5.29. The minimum absolute atomic E-state index is 0.701. The zero-order valence-corrected chi connectivity index (χ0v) is 11.6. The van der Waals surface area contributed by atoms with Gasteiger partial charge in [0.05, 0.1) is 0 Å². The van der Waals surface area contributed by atoms with Crippen LogP contribution in [0.25, 0.3) is 0 Å². The van der Waals surface area contributed by atoms with Gasteiger partial charge in [0.25, 0.3) is 0 Å². The predicted molar refractivity (Wildman–Crippen MR) is 75.8 cm³/mol. The van der Waals surface area contributed by atoms with Gasteiger partial charge < -0.3 is 5.32 Å². The molecule has 1 atom stereocenters. The van der Waals surface area contributed by atoms with Gasteiger partial charge in [0.1, 0.15) is 0 Å². The highest BCUT2D eigenvalue weighted by Crippen LogP contribution is 2.29. The van der Waals surface area contributed by atoms with Gasteiger partial charge in [-0.3, -0.25) is 4.90 Å². The van der Waals surface area contributed by atoms with E-state index in [1.54, 1.807) is 0 Å². The van der Waals surface area contributed by atoms with Crippen LogP contribution in [0, 0.1) is 13.8 Å². The summed E-state index contributed by atoms with van der Waals surface area (Å²) < 4.78 is 0. The van der Waals surface area contributed by atoms with E-state index in [2.05, 4.69) is 42.3 Å². The predicted octanol–water partition coefficient (Wildman–Crippen LogP) is 2.63. The second-order valence-electron chi connectivity index (χ2n) is 6.01. The number of benzene rings is 1. The molecule has 2 aliphatic rings. The number of rotatable bonds is 4. The molecule has 1 saturated carbocycles. The van der Waals surface area contributed by atoms with Gasteiger partial charge in [-0.05, 0) is 49.8 Å². The van der Waals surface area contributed by atoms with Crippen LogP contribution in [0.2, 0.25) is 0 Å². The molecule has 1 aliphatic carbocycles. The van der Waals surface area contributed by atoms with Crippen LogP contribution in [0.3, 0.4) is 0 Å². The van der Waals surface area contributed by atoms with Crippen molar-refractivity contribution in [3.8, 4) is 0 Å². The van der Waals surface area contributed by atoms with Crippen molar-refractivity contribution in [2.45, 2.75) is 51.7 Å². The number of nitrogens with zero attached hydrogens (tertiary/aromatic N) is 1. The Bertz CT molecular complexity index is 423. The lowest BCUT2D eigenvalue weighted by molar-refractivity contribution is 0.317. The van der Waals surface area contributed by atoms with Gasteiger partial charge in [-0.2, -0.15) is 0 Å². The van der Waals surface area contributed by atoms with Crippen LogP contribution >= 0.6 is 0 Å². The van der Waals surface area contributed by atoms with E-state index in [4.69, 9.17) is 0 Å². The molecule has 1 saturated heterocycles. The average Bonchev–Trinajstić information content (AvgIpc) is 3.11. The lowest BCUT2D eigenvalue weighted by Crippen LogP contribution is -2.32. The quantitative estimate of drug-likeness (QED) is 0.876. The summed E-state index contributed by atoms with van der Waals surface area (Å²) in [5.41, 5.74) is 4.21. The molecule has 1 heterocycles. The van der Waals surface area contributed by atoms with Gasteiger partial charge in [0, 0.05) is 31.7 Å². The summed E-state index contributed by atoms with van der Waals surface area (Å²) in [5.74, 6) is 0. The van der Waals surface area contributed by atoms with Crippen molar-refractivity contribution >= 4 is 0 Å². The van der Waals surface area contributed by atoms with E-state index in [9.17, 15) is 0 Å². The number of hydrogen-bond acceptors (Lipinski definition) is 2. The normalized spacial score (nSPS) is 24.7. The van der Waals surface area contributed by atoms with E-state index < -0.39 is 0 Å². The molecule has 1 N–H and O–H groups in total. The summed E-state index contributed by atoms with van der Waals surface area (Å²) in [6.07, 6.45) is 4.19. The first kappa shape index (κ1) is 12.2. The molecule has 1 aromatic carbocycles. The molecule has 0 radical (unpaired) electrons. The van der Waals surface area contributed by atoms with E-state index in [0.29, 0.717) is 6.04 Å². The third kappa shape index (κ3) is 2.76. The Kier molecular flexibility index (Phi) is 3.40. The monoisotopic (exact) mass is 244 g/mol. The molecule has 2 fully saturated rings. The summed E-state index contributed by atoms with van der Waals surface area (Å²) in [4.78, 5) is 2.66. The van der Waals surface area contributed by atoms with Gasteiger partial charge in [0.15, 0.2) is 0 Å². The first-order valence-corrected chi connectivity index (χ1v) is 7.26. The third-order valence-corrected chi connectivity index (χ3v) is 4.45. The first-order valence-electron chi connectivity index (χ1n) is 7.26. The molecule has 0 spiro atoms. The summed E-state index contributed by atoms with van der Waals surface area (Å²) in [5, 5.41) is 3.72. The number of likely N-dealkylation sites (tertiary alicyclic amines) is 1. The third-order valence-electron chi connectivity index (χ3n) is 4.45. The Hall–Kier alpha value is -0.860. The van der Waals surface area contributed by atoms with Gasteiger partial charge in [-0.25, -0.2) is 0 Å². The number of aryl methyl sites for hydroxylation is 2. The van der Waals surface area contributed by atoms with Crippen molar-refractivity contribution in [1.29, 1.82) is 0 Å². The molecule has 0 bridgehead atoms. The lowest BCUT2D eigenvalue weighted by atomic mass is 10.1. The molecule has 0 amide bonds. The summed E-state index contributed by atoms with van der Waals surface area (Å²) >= 11 is 0. The topological polar surface area (TPSA) is 15.3 Å². The average molecular weight is 244 g/mol. The Morgan fingerprint density at radius 2 is 2.00 bits per heavy atom. The molecule has 2 nitrogen and oxygen atoms in total. The van der Waals surface area contributed by atoms with E-state index in [-0.39, 0.29) is 0 Å². The van der Waals surface area contributed by atoms with Crippen LogP contribution in [0.15, 0.2) is 18.2 Å². The standard InChI is InChI=1S/C16H24N2/c1-12-3-4-14(9-13(12)2)10-17-15-7-8-18(11-15)16-5-6-16/h3-4,9,15-17H,5-8,10-11H2,1-2H3. The van der Waals surface area contributed by atoms with Crippen LogP contribution in [0.5, 0.6) is 0 Å². The van der Waals surface area contributed by atoms with E-state index in [1.807, 2.05) is 0 Å². The van der Waals surface area contributed by atoms with Crippen LogP contribution < -0.4 is 5.32 Å². The Labute approximate surface area is 110 Å². The largest absolute Gasteiger partial charge is 0.309 e. The van der Waals surface area contributed by atoms with Crippen molar-refractivity contribution in [3.05, 3.63) is 34.9 Å². The second-order valence-corrected chi connectivity index (χ2v) is 6.01. The molecule has 1 aromatic rings. The fourth-order valence-corrected chi connectivity index (χ4v) is 2.90. The highest BCUT2D eigenvalue weighted by atomic mass is 15.2. The molecular weight excluding hydrogens is 220 g/mol. The molecule has 2 heteroatoms. The molecular formula is C16H24N2. The van der Waals surface area contributed by atoms with Crippen molar-refractivity contribution in [1.82, 2.24) is 10.2 Å². The Morgan fingerprint density at radius 3 is 2.72 bits per heavy atom. The minimum atomic E-state index is 0.701. The molecule has 1 aliphatic heterocycles. The Balaban J connectivity index is 1.50. The highest BCUT2D eigenvalue weighted by Gasteiger charge is 2.33. The summed E-state index contributed by atoms with van der Waals surface area (Å²) in [6, 6.07) is 8.43. The van der Waals surface area contributed by atoms with Gasteiger partial charge in [-0.15, -0.1) is 0 Å². The number of hydrogen-bond donors (Lipinski definition) is 1. The van der Waals surface area contributed by atoms with Crippen LogP contribution in [-0.2, 0) is 6.54 Å². The zero-order valence-electron chi connectivity index (χ0n) is 11.6. The molecule has 98 valence electrons. The maximum atomic E-state index is 3.72. The first-order chi connectivity index (χ1) is 8.72. The van der Waals surface area contributed by atoms with Crippen LogP contribution in [0.4, 0.5) is 0 Å². The second kappa shape index (κ2) is 5.02. The Morgan fingerprint density at radius 1 is 1.17 bits per heavy atom. The maximum absolute atomic E-state index is 3.72. The van der Waals surface area contributed by atoms with Crippen LogP contribution in [0.1, 0.15) is 36.0 Å². The van der Waals surface area contributed by atoms with E-state index in [0.717, 1.165) is 12.6 Å². The molecule has 18 heavy (non-hydrogen) atoms. The SMILES string of the molecule is Cc1ccc(CNC2CCN(C3CC3)C2)cc1C. The van der Waals surface area contributed by atoms with Crippen molar-refractivity contribution in [2.24, 2.45) is 0 Å². The molecule has 1 unspecified atom stereocenters. The number of nitrogens with one attached hydrogen (secondary N) is 1. The van der Waals surface area contributed by atoms with Gasteiger partial charge in [-0.1, -0.05) is 18.2 Å². The van der Waals surface area contributed by atoms with Gasteiger partial charge in [0.2, 0.25) is 0 Å². The minimum Gasteiger partial charge on any atom is -0.309 e. The molecule has 0 aromatic heterocycles. The van der Waals surface area contributed by atoms with Gasteiger partial charge >= 0.3 is 0 Å². The lowest BCUT2D eigenvalue weighted by Gasteiger charge is -2.16. The molecule has 3 rings (SSSR count). The van der Waals surface area contributed by atoms with Crippen LogP contribution in [-0.4, -0.2) is 30.1 Å². The van der Waals surface area contributed by atoms with E-state index in [1.165, 1.54) is 49.0 Å². The summed E-state index contributed by atoms with van der Waals surface area (Å²) in [6.45, 7) is 7.95. The van der Waals surface area contributed by atoms with Crippen molar-refractivity contribution in [3.63, 3.8) is 0 Å². The smallest absolute Gasteiger partial charge is 0.0210 e. The fraction of sp³-hybridized carbons (Fsp3) is 0.625. The zero-order chi connectivity index (χ0) is 12.5. The van der Waals surface area contributed by atoms with E-state index >= 15 is 0 Å².